The number of aromatic hydroxyl groups is 1. The quantitative estimate of drug-likeness (QED) is 0.368. The Hall–Kier alpha value is -3.38. The molecular weight excluding hydrogens is 452 g/mol. The summed E-state index contributed by atoms with van der Waals surface area (Å²) in [6.07, 6.45) is 4.82. The smallest absolute Gasteiger partial charge is 0.184 e. The molecule has 0 heterocycles. The molecule has 4 rings (SSSR count). The summed E-state index contributed by atoms with van der Waals surface area (Å²) >= 11 is 0. The average Bonchev–Trinajstić information content (AvgIpc) is 2.90. The molecule has 0 amide bonds. The van der Waals surface area contributed by atoms with Crippen LogP contribution in [0.25, 0.3) is 11.1 Å². The summed E-state index contributed by atoms with van der Waals surface area (Å²) in [5.74, 6) is 2.19. The minimum Gasteiger partial charge on any atom is -0.507 e. The van der Waals surface area contributed by atoms with Crippen LogP contribution in [0.3, 0.4) is 0 Å². The highest BCUT2D eigenvalue weighted by Gasteiger charge is 2.24. The number of likely N-dealkylation sites (N-methyl/N-ethyl adjacent to an activating group) is 1. The molecule has 3 aromatic carbocycles. The summed E-state index contributed by atoms with van der Waals surface area (Å²) in [7, 11) is 5.29. The number of fused-ring (bicyclic) bond motifs is 1. The van der Waals surface area contributed by atoms with Gasteiger partial charge in [-0.15, -0.1) is 0 Å². The van der Waals surface area contributed by atoms with Gasteiger partial charge in [0.15, 0.2) is 11.5 Å². The summed E-state index contributed by atoms with van der Waals surface area (Å²) in [5.41, 5.74) is 13.5. The number of phenolic OH excluding ortho intramolecular Hbond substituents is 1. The number of hydrogen-bond donors (Lipinski definition) is 2. The number of phenols is 1. The molecular formula is C30H38N2O4. The first kappa shape index (κ1) is 25.7. The van der Waals surface area contributed by atoms with Gasteiger partial charge in [0.25, 0.3) is 0 Å². The molecule has 0 aliphatic heterocycles. The van der Waals surface area contributed by atoms with E-state index < -0.39 is 0 Å². The number of nitrogens with two attached hydrogens (primary N) is 1. The van der Waals surface area contributed by atoms with Gasteiger partial charge in [-0.1, -0.05) is 25.1 Å². The third kappa shape index (κ3) is 5.39. The van der Waals surface area contributed by atoms with Gasteiger partial charge in [-0.2, -0.15) is 0 Å². The van der Waals surface area contributed by atoms with Crippen LogP contribution in [0.5, 0.6) is 23.0 Å². The SMILES string of the molecule is CCN(C)CCOc1ccc(Cc2c(-c3c(O)ccc4c3CCCC4)cc(OC)c(OC)c2N)cc1. The van der Waals surface area contributed by atoms with Crippen LogP contribution in [-0.2, 0) is 19.3 Å². The van der Waals surface area contributed by atoms with Crippen LogP contribution < -0.4 is 19.9 Å². The molecule has 1 aliphatic rings. The van der Waals surface area contributed by atoms with Gasteiger partial charge in [0, 0.05) is 18.5 Å². The number of nitrogen functional groups attached to an aromatic ring is 1. The molecule has 0 atom stereocenters. The minimum absolute atomic E-state index is 0.268. The number of ether oxygens (including phenoxy) is 3. The molecule has 6 nitrogen and oxygen atoms in total. The van der Waals surface area contributed by atoms with E-state index in [-0.39, 0.29) is 5.75 Å². The van der Waals surface area contributed by atoms with Crippen molar-refractivity contribution in [3.05, 3.63) is 64.7 Å². The maximum atomic E-state index is 11.0. The average molecular weight is 491 g/mol. The highest BCUT2D eigenvalue weighted by atomic mass is 16.5. The molecule has 192 valence electrons. The predicted molar refractivity (Wildman–Crippen MR) is 146 cm³/mol. The Bertz CT molecular complexity index is 1190. The lowest BCUT2D eigenvalue weighted by atomic mass is 9.83. The zero-order valence-electron chi connectivity index (χ0n) is 21.9. The van der Waals surface area contributed by atoms with Gasteiger partial charge in [0.2, 0.25) is 0 Å². The topological polar surface area (TPSA) is 77.2 Å². The van der Waals surface area contributed by atoms with Crippen LogP contribution >= 0.6 is 0 Å². The van der Waals surface area contributed by atoms with Crippen molar-refractivity contribution in [3.63, 3.8) is 0 Å². The van der Waals surface area contributed by atoms with E-state index in [2.05, 4.69) is 31.0 Å². The van der Waals surface area contributed by atoms with Gasteiger partial charge in [0.05, 0.1) is 19.9 Å². The molecule has 6 heteroatoms. The van der Waals surface area contributed by atoms with E-state index >= 15 is 0 Å². The number of anilines is 1. The molecule has 0 spiro atoms. The molecule has 3 N–H and O–H groups in total. The predicted octanol–water partition coefficient (Wildman–Crippen LogP) is 5.46. The molecule has 0 saturated heterocycles. The van der Waals surface area contributed by atoms with Crippen molar-refractivity contribution in [3.8, 4) is 34.1 Å². The zero-order valence-corrected chi connectivity index (χ0v) is 21.9. The fraction of sp³-hybridized carbons (Fsp3) is 0.400. The van der Waals surface area contributed by atoms with Gasteiger partial charge in [-0.3, -0.25) is 0 Å². The number of nitrogens with zero attached hydrogens (tertiary/aromatic N) is 1. The molecule has 0 unspecified atom stereocenters. The molecule has 0 aromatic heterocycles. The van der Waals surface area contributed by atoms with E-state index in [1.165, 1.54) is 17.5 Å². The van der Waals surface area contributed by atoms with E-state index in [1.807, 2.05) is 24.3 Å². The van der Waals surface area contributed by atoms with E-state index in [9.17, 15) is 5.11 Å². The van der Waals surface area contributed by atoms with Crippen molar-refractivity contribution in [2.24, 2.45) is 0 Å². The second-order valence-corrected chi connectivity index (χ2v) is 9.42. The third-order valence-corrected chi connectivity index (χ3v) is 7.18. The highest BCUT2D eigenvalue weighted by molar-refractivity contribution is 5.85. The monoisotopic (exact) mass is 490 g/mol. The van der Waals surface area contributed by atoms with Gasteiger partial charge in [-0.25, -0.2) is 0 Å². The number of benzene rings is 3. The van der Waals surface area contributed by atoms with Crippen LogP contribution in [0.15, 0.2) is 42.5 Å². The fourth-order valence-corrected chi connectivity index (χ4v) is 4.98. The van der Waals surface area contributed by atoms with E-state index in [1.54, 1.807) is 20.3 Å². The van der Waals surface area contributed by atoms with Crippen molar-refractivity contribution in [1.82, 2.24) is 4.90 Å². The van der Waals surface area contributed by atoms with Gasteiger partial charge in [0.1, 0.15) is 18.1 Å². The van der Waals surface area contributed by atoms with Crippen molar-refractivity contribution < 1.29 is 19.3 Å². The van der Waals surface area contributed by atoms with Crippen molar-refractivity contribution >= 4 is 5.69 Å². The van der Waals surface area contributed by atoms with Crippen LogP contribution in [-0.4, -0.2) is 51.0 Å². The molecule has 0 bridgehead atoms. The second kappa shape index (κ2) is 11.6. The Balaban J connectivity index is 1.72. The lowest BCUT2D eigenvalue weighted by molar-refractivity contribution is 0.244. The summed E-state index contributed by atoms with van der Waals surface area (Å²) in [5, 5.41) is 11.0. The number of aryl methyl sites for hydroxylation is 1. The van der Waals surface area contributed by atoms with E-state index in [4.69, 9.17) is 19.9 Å². The van der Waals surface area contributed by atoms with Crippen molar-refractivity contribution in [1.29, 1.82) is 0 Å². The van der Waals surface area contributed by atoms with Gasteiger partial charge in [-0.05, 0) is 91.4 Å². The first-order valence-corrected chi connectivity index (χ1v) is 12.7. The van der Waals surface area contributed by atoms with Crippen molar-refractivity contribution in [2.45, 2.75) is 39.0 Å². The van der Waals surface area contributed by atoms with Crippen molar-refractivity contribution in [2.75, 3.05) is 46.7 Å². The molecule has 3 aromatic rings. The lowest BCUT2D eigenvalue weighted by Crippen LogP contribution is -2.23. The van der Waals surface area contributed by atoms with Crippen LogP contribution in [0.2, 0.25) is 0 Å². The number of rotatable bonds is 10. The Labute approximate surface area is 214 Å². The molecule has 0 radical (unpaired) electrons. The zero-order chi connectivity index (χ0) is 25.7. The standard InChI is InChI=1S/C30H38N2O4/c1-5-32(2)16-17-36-22-13-10-20(11-14-22)18-25-24(19-27(34-3)30(35-4)29(25)31)28-23-9-7-6-8-21(23)12-15-26(28)33/h10-15,19,33H,5-9,16-18,31H2,1-4H3. The van der Waals surface area contributed by atoms with Crippen LogP contribution in [0.4, 0.5) is 5.69 Å². The minimum atomic E-state index is 0.268. The fourth-order valence-electron chi connectivity index (χ4n) is 4.98. The first-order valence-electron chi connectivity index (χ1n) is 12.7. The molecule has 0 saturated carbocycles. The Morgan fingerprint density at radius 3 is 2.44 bits per heavy atom. The highest BCUT2D eigenvalue weighted by Crippen LogP contribution is 2.47. The number of methoxy groups -OCH3 is 2. The normalized spacial score (nSPS) is 12.9. The Morgan fingerprint density at radius 2 is 1.75 bits per heavy atom. The summed E-state index contributed by atoms with van der Waals surface area (Å²) in [6.45, 7) is 4.66. The summed E-state index contributed by atoms with van der Waals surface area (Å²) in [4.78, 5) is 2.22. The summed E-state index contributed by atoms with van der Waals surface area (Å²) < 4.78 is 17.2. The second-order valence-electron chi connectivity index (χ2n) is 9.42. The van der Waals surface area contributed by atoms with Crippen LogP contribution in [0, 0.1) is 0 Å². The molecule has 36 heavy (non-hydrogen) atoms. The van der Waals surface area contributed by atoms with Crippen LogP contribution in [0.1, 0.15) is 42.0 Å². The Morgan fingerprint density at radius 1 is 1.00 bits per heavy atom. The maximum Gasteiger partial charge on any atom is 0.184 e. The summed E-state index contributed by atoms with van der Waals surface area (Å²) in [6, 6.07) is 13.9. The van der Waals surface area contributed by atoms with Gasteiger partial charge >= 0.3 is 0 Å². The first-order chi connectivity index (χ1) is 17.5. The third-order valence-electron chi connectivity index (χ3n) is 7.18. The maximum absolute atomic E-state index is 11.0. The largest absolute Gasteiger partial charge is 0.507 e. The van der Waals surface area contributed by atoms with E-state index in [0.29, 0.717) is 30.2 Å². The van der Waals surface area contributed by atoms with E-state index in [0.717, 1.165) is 60.4 Å². The molecule has 0 fully saturated rings. The number of hydrogen-bond acceptors (Lipinski definition) is 6. The molecule has 1 aliphatic carbocycles. The Kier molecular flexibility index (Phi) is 8.26. The van der Waals surface area contributed by atoms with Gasteiger partial charge < -0.3 is 30.0 Å². The lowest BCUT2D eigenvalue weighted by Gasteiger charge is -2.24.